The van der Waals surface area contributed by atoms with Gasteiger partial charge in [0.2, 0.25) is 5.75 Å². The van der Waals surface area contributed by atoms with Gasteiger partial charge < -0.3 is 38.6 Å². The summed E-state index contributed by atoms with van der Waals surface area (Å²) in [7, 11) is 6.99. The lowest BCUT2D eigenvalue weighted by molar-refractivity contribution is -0.125. The zero-order chi connectivity index (χ0) is 30.6. The molecule has 2 aliphatic carbocycles. The standard InChI is InChI=1S/C36H32N2O7/c1-37-14-12-35-20-16-36(34(35)45-32-24(43-4)9-6-18(27(32)35)15-21(20)37)33(40)26-19-7-10-22(41-2)29(39)30(19)44-31-23(42-3)8-5-17-11-13-38(36)28(26)25(17)31/h5-11,13,20-21,34,39H,12,14-16H2,1-4H3/t20-,21+,34?,35-,36-/m1/s1. The Morgan fingerprint density at radius 1 is 0.956 bits per heavy atom. The quantitative estimate of drug-likeness (QED) is 0.445. The molecular formula is C36H32N2O7. The Kier molecular flexibility index (Phi) is 4.65. The molecule has 10 rings (SSSR count). The van der Waals surface area contributed by atoms with Gasteiger partial charge in [-0.25, -0.2) is 0 Å². The smallest absolute Gasteiger partial charge is 0.202 e. The first-order valence-electron chi connectivity index (χ1n) is 15.5. The molecule has 5 heterocycles. The molecule has 0 radical (unpaired) electrons. The van der Waals surface area contributed by atoms with Crippen molar-refractivity contribution in [1.29, 1.82) is 0 Å². The van der Waals surface area contributed by atoms with E-state index in [1.807, 2.05) is 30.3 Å². The molecule has 5 atom stereocenters. The number of methoxy groups -OCH3 is 3. The van der Waals surface area contributed by atoms with E-state index in [4.69, 9.17) is 23.7 Å². The summed E-state index contributed by atoms with van der Waals surface area (Å²) >= 11 is 0. The minimum absolute atomic E-state index is 0.0181. The van der Waals surface area contributed by atoms with Gasteiger partial charge in [0.1, 0.15) is 11.6 Å². The fourth-order valence-corrected chi connectivity index (χ4v) is 10.1. The Morgan fingerprint density at radius 2 is 1.71 bits per heavy atom. The molecule has 45 heavy (non-hydrogen) atoms. The molecule has 1 saturated carbocycles. The summed E-state index contributed by atoms with van der Waals surface area (Å²) in [6.45, 7) is 0.929. The van der Waals surface area contributed by atoms with E-state index < -0.39 is 11.6 Å². The summed E-state index contributed by atoms with van der Waals surface area (Å²) in [5.41, 5.74) is 4.66. The fraction of sp³-hybridized carbons (Fsp3) is 0.361. The van der Waals surface area contributed by atoms with Crippen LogP contribution in [0.5, 0.6) is 40.2 Å². The van der Waals surface area contributed by atoms with Crippen LogP contribution in [0.3, 0.4) is 0 Å². The van der Waals surface area contributed by atoms with Gasteiger partial charge in [0.25, 0.3) is 0 Å². The summed E-state index contributed by atoms with van der Waals surface area (Å²) < 4.78 is 30.8. The van der Waals surface area contributed by atoms with Gasteiger partial charge in [-0.15, -0.1) is 0 Å². The van der Waals surface area contributed by atoms with Gasteiger partial charge in [-0.3, -0.25) is 4.79 Å². The number of phenolic OH excluding ortho intramolecular Hbond substituents is 1. The van der Waals surface area contributed by atoms with Gasteiger partial charge in [0.05, 0.1) is 38.2 Å². The van der Waals surface area contributed by atoms with Gasteiger partial charge in [-0.05, 0) is 80.2 Å². The number of fused-ring (bicyclic) bond motifs is 4. The average Bonchev–Trinajstić information content (AvgIpc) is 3.59. The molecule has 1 N–H and O–H groups in total. The highest BCUT2D eigenvalue weighted by Crippen LogP contribution is 2.72. The van der Waals surface area contributed by atoms with Crippen LogP contribution in [-0.4, -0.2) is 73.3 Å². The maximum atomic E-state index is 15.6. The zero-order valence-electron chi connectivity index (χ0n) is 25.5. The largest absolute Gasteiger partial charge is 0.502 e. The van der Waals surface area contributed by atoms with Crippen LogP contribution >= 0.6 is 0 Å². The molecule has 3 aromatic rings. The number of aromatic hydroxyl groups is 1. The Hall–Kier alpha value is -4.63. The minimum atomic E-state index is -1.02. The van der Waals surface area contributed by atoms with E-state index in [0.29, 0.717) is 34.8 Å². The summed E-state index contributed by atoms with van der Waals surface area (Å²) in [5.74, 6) is 2.92. The predicted octanol–water partition coefficient (Wildman–Crippen LogP) is 4.98. The van der Waals surface area contributed by atoms with E-state index in [9.17, 15) is 5.11 Å². The van der Waals surface area contributed by atoms with Gasteiger partial charge in [0, 0.05) is 28.8 Å². The van der Waals surface area contributed by atoms with Crippen LogP contribution in [0.2, 0.25) is 0 Å². The summed E-state index contributed by atoms with van der Waals surface area (Å²) in [5, 5.41) is 11.4. The SMILES string of the molecule is COc1ccc2c(c1O)Oc1c(OC)ccc3c1C1=C2C(=O)[C@@]2(C[C@@H]4[C@@H]5Cc6ccc(OC)c7c6[C@]4(CCN5C)C2O7)N1C=C3. The number of Topliss-reactive ketones (excluding diaryl/α,β-unsaturated/α-hetero) is 1. The van der Waals surface area contributed by atoms with Crippen molar-refractivity contribution in [2.24, 2.45) is 5.92 Å². The Morgan fingerprint density at radius 3 is 2.51 bits per heavy atom. The number of rotatable bonds is 3. The number of ketones is 1. The van der Waals surface area contributed by atoms with Crippen LogP contribution in [0, 0.1) is 5.92 Å². The van der Waals surface area contributed by atoms with Crippen molar-refractivity contribution in [2.75, 3.05) is 34.9 Å². The molecule has 2 spiro atoms. The number of carbonyl (C=O) groups excluding carboxylic acids is 1. The first-order chi connectivity index (χ1) is 21.9. The Bertz CT molecular complexity index is 1980. The third-order valence-corrected chi connectivity index (χ3v) is 11.9. The maximum absolute atomic E-state index is 15.6. The van der Waals surface area contributed by atoms with Crippen molar-refractivity contribution < 1.29 is 33.6 Å². The number of likely N-dealkylation sites (N-methyl/N-ethyl adjacent to an activating group) is 1. The summed E-state index contributed by atoms with van der Waals surface area (Å²) in [6, 6.07) is 11.8. The average molecular weight is 605 g/mol. The number of nitrogens with zero attached hydrogens (tertiary/aromatic N) is 2. The number of phenols is 1. The van der Waals surface area contributed by atoms with Crippen LogP contribution < -0.4 is 23.7 Å². The van der Waals surface area contributed by atoms with E-state index in [1.165, 1.54) is 18.2 Å². The highest BCUT2D eigenvalue weighted by atomic mass is 16.5. The highest BCUT2D eigenvalue weighted by Gasteiger charge is 2.78. The monoisotopic (exact) mass is 604 g/mol. The number of benzene rings is 3. The highest BCUT2D eigenvalue weighted by molar-refractivity contribution is 6.37. The lowest BCUT2D eigenvalue weighted by Gasteiger charge is -2.52. The number of carbonyl (C=O) groups is 1. The molecule has 1 saturated heterocycles. The van der Waals surface area contributed by atoms with Crippen molar-refractivity contribution in [1.82, 2.24) is 9.80 Å². The Labute approximate surface area is 260 Å². The molecule has 1 unspecified atom stereocenters. The molecule has 2 fully saturated rings. The predicted molar refractivity (Wildman–Crippen MR) is 165 cm³/mol. The molecule has 0 aromatic heterocycles. The lowest BCUT2D eigenvalue weighted by Crippen LogP contribution is -2.61. The van der Waals surface area contributed by atoms with Crippen LogP contribution in [-0.2, 0) is 16.6 Å². The molecule has 228 valence electrons. The molecule has 0 amide bonds. The maximum Gasteiger partial charge on any atom is 0.202 e. The van der Waals surface area contributed by atoms with Crippen LogP contribution in [0.25, 0.3) is 17.3 Å². The molecule has 9 nitrogen and oxygen atoms in total. The number of piperidine rings is 1. The third-order valence-electron chi connectivity index (χ3n) is 11.9. The number of likely N-dealkylation sites (tertiary alicyclic amines) is 1. The molecule has 7 aliphatic rings. The molecule has 9 heteroatoms. The fourth-order valence-electron chi connectivity index (χ4n) is 10.1. The van der Waals surface area contributed by atoms with Crippen molar-refractivity contribution in [3.8, 4) is 40.2 Å². The minimum Gasteiger partial charge on any atom is -0.502 e. The van der Waals surface area contributed by atoms with Crippen LogP contribution in [0.15, 0.2) is 42.6 Å². The van der Waals surface area contributed by atoms with E-state index in [-0.39, 0.29) is 40.4 Å². The van der Waals surface area contributed by atoms with Crippen molar-refractivity contribution in [3.63, 3.8) is 0 Å². The van der Waals surface area contributed by atoms with Gasteiger partial charge in [-0.2, -0.15) is 0 Å². The van der Waals surface area contributed by atoms with Gasteiger partial charge in [-0.1, -0.05) is 12.1 Å². The van der Waals surface area contributed by atoms with Crippen LogP contribution in [0.1, 0.15) is 40.7 Å². The third kappa shape index (κ3) is 2.64. The summed E-state index contributed by atoms with van der Waals surface area (Å²) in [6.07, 6.45) is 6.11. The Balaban J connectivity index is 1.27. The van der Waals surface area contributed by atoms with Crippen LogP contribution in [0.4, 0.5) is 0 Å². The topological polar surface area (TPSA) is 89.9 Å². The molecular weight excluding hydrogens is 572 g/mol. The summed E-state index contributed by atoms with van der Waals surface area (Å²) in [4.78, 5) is 20.3. The van der Waals surface area contributed by atoms with E-state index >= 15 is 4.79 Å². The van der Waals surface area contributed by atoms with E-state index in [0.717, 1.165) is 42.0 Å². The second kappa shape index (κ2) is 8.14. The molecule has 2 bridgehead atoms. The van der Waals surface area contributed by atoms with Crippen molar-refractivity contribution >= 4 is 23.1 Å². The second-order valence-electron chi connectivity index (χ2n) is 13.3. The van der Waals surface area contributed by atoms with E-state index in [2.05, 4.69) is 29.1 Å². The first kappa shape index (κ1) is 25.7. The van der Waals surface area contributed by atoms with E-state index in [1.54, 1.807) is 20.3 Å². The number of ether oxygens (including phenoxy) is 5. The van der Waals surface area contributed by atoms with Gasteiger partial charge >= 0.3 is 0 Å². The van der Waals surface area contributed by atoms with Gasteiger partial charge in [0.15, 0.2) is 40.3 Å². The number of hydrogen-bond donors (Lipinski definition) is 1. The van der Waals surface area contributed by atoms with Crippen molar-refractivity contribution in [3.05, 3.63) is 70.4 Å². The first-order valence-corrected chi connectivity index (χ1v) is 15.5. The molecule has 5 aliphatic heterocycles. The molecule has 3 aromatic carbocycles. The second-order valence-corrected chi connectivity index (χ2v) is 13.3. The van der Waals surface area contributed by atoms with Crippen molar-refractivity contribution in [2.45, 2.75) is 42.4 Å². The number of hydrogen-bond acceptors (Lipinski definition) is 9. The normalized spacial score (nSPS) is 30.4. The zero-order valence-corrected chi connectivity index (χ0v) is 25.5. The lowest BCUT2D eigenvalue weighted by atomic mass is 9.58.